The first kappa shape index (κ1) is 14.5. The normalized spacial score (nSPS) is 18.5. The molecule has 0 bridgehead atoms. The number of likely N-dealkylation sites (N-methyl/N-ethyl adjacent to an activating group) is 1. The van der Waals surface area contributed by atoms with Gasteiger partial charge in [-0.3, -0.25) is 14.7 Å². The summed E-state index contributed by atoms with van der Waals surface area (Å²) in [4.78, 5) is 32.1. The van der Waals surface area contributed by atoms with Gasteiger partial charge in [-0.15, -0.1) is 5.10 Å². The van der Waals surface area contributed by atoms with Crippen LogP contribution in [0.15, 0.2) is 0 Å². The minimum atomic E-state index is -0.865. The van der Waals surface area contributed by atoms with Gasteiger partial charge in [0, 0.05) is 26.6 Å². The molecule has 0 atom stereocenters. The van der Waals surface area contributed by atoms with Crippen molar-refractivity contribution in [1.29, 1.82) is 0 Å². The topological polar surface area (TPSA) is 82.2 Å². The Kier molecular flexibility index (Phi) is 3.78. The van der Waals surface area contributed by atoms with E-state index in [0.717, 1.165) is 12.8 Å². The van der Waals surface area contributed by atoms with E-state index in [1.807, 2.05) is 6.92 Å². The van der Waals surface area contributed by atoms with E-state index in [1.165, 1.54) is 0 Å². The lowest BCUT2D eigenvalue weighted by molar-refractivity contribution is -0.144. The highest BCUT2D eigenvalue weighted by Gasteiger charge is 2.44. The maximum atomic E-state index is 12.5. The number of hydrogen-bond donors (Lipinski definition) is 1. The molecule has 0 unspecified atom stereocenters. The largest absolute Gasteiger partial charge is 0.342 e. The molecular weight excluding hydrogens is 258 g/mol. The summed E-state index contributed by atoms with van der Waals surface area (Å²) in [5.41, 5.74) is -0.865. The molecule has 2 amide bonds. The van der Waals surface area contributed by atoms with E-state index in [2.05, 4.69) is 15.2 Å². The van der Waals surface area contributed by atoms with Gasteiger partial charge in [-0.25, -0.2) is 4.98 Å². The van der Waals surface area contributed by atoms with E-state index >= 15 is 0 Å². The van der Waals surface area contributed by atoms with Gasteiger partial charge in [-0.2, -0.15) is 0 Å². The van der Waals surface area contributed by atoms with E-state index in [1.54, 1.807) is 30.7 Å². The zero-order valence-electron chi connectivity index (χ0n) is 12.4. The summed E-state index contributed by atoms with van der Waals surface area (Å²) in [7, 11) is 1.75. The summed E-state index contributed by atoms with van der Waals surface area (Å²) in [6, 6.07) is 0. The highest BCUT2D eigenvalue weighted by atomic mass is 16.2. The first-order valence-corrected chi connectivity index (χ1v) is 6.86. The number of piperazine rings is 1. The van der Waals surface area contributed by atoms with Gasteiger partial charge in [0.15, 0.2) is 0 Å². The average molecular weight is 279 g/mol. The molecule has 0 aliphatic carbocycles. The molecule has 7 nitrogen and oxygen atoms in total. The quantitative estimate of drug-likeness (QED) is 0.871. The number of aromatic amines is 1. The Balaban J connectivity index is 2.21. The van der Waals surface area contributed by atoms with Crippen molar-refractivity contribution in [2.45, 2.75) is 39.2 Å². The van der Waals surface area contributed by atoms with Gasteiger partial charge in [0.1, 0.15) is 11.4 Å². The molecule has 0 radical (unpaired) electrons. The molecule has 1 aliphatic heterocycles. The zero-order chi connectivity index (χ0) is 14.9. The lowest BCUT2D eigenvalue weighted by atomic mass is 9.97. The van der Waals surface area contributed by atoms with Crippen molar-refractivity contribution in [3.63, 3.8) is 0 Å². The van der Waals surface area contributed by atoms with E-state index in [9.17, 15) is 9.59 Å². The van der Waals surface area contributed by atoms with E-state index in [0.29, 0.717) is 18.9 Å². The second-order valence-corrected chi connectivity index (χ2v) is 5.60. The van der Waals surface area contributed by atoms with Crippen LogP contribution >= 0.6 is 0 Å². The Morgan fingerprint density at radius 2 is 2.10 bits per heavy atom. The summed E-state index contributed by atoms with van der Waals surface area (Å²) in [5, 5.41) is 6.74. The Hall–Kier alpha value is -1.92. The van der Waals surface area contributed by atoms with Gasteiger partial charge in [0.25, 0.3) is 5.91 Å². The predicted molar refractivity (Wildman–Crippen MR) is 73.1 cm³/mol. The molecule has 7 heteroatoms. The Bertz CT molecular complexity index is 523. The molecule has 1 N–H and O–H groups in total. The van der Waals surface area contributed by atoms with E-state index in [-0.39, 0.29) is 17.6 Å². The van der Waals surface area contributed by atoms with Crippen molar-refractivity contribution in [2.24, 2.45) is 0 Å². The van der Waals surface area contributed by atoms with Gasteiger partial charge in [0.05, 0.1) is 0 Å². The van der Waals surface area contributed by atoms with Crippen molar-refractivity contribution in [3.05, 3.63) is 11.6 Å². The van der Waals surface area contributed by atoms with Crippen LogP contribution in [0.5, 0.6) is 0 Å². The van der Waals surface area contributed by atoms with Crippen LogP contribution in [0.3, 0.4) is 0 Å². The Morgan fingerprint density at radius 3 is 2.75 bits per heavy atom. The van der Waals surface area contributed by atoms with Crippen molar-refractivity contribution in [2.75, 3.05) is 20.1 Å². The molecule has 2 heterocycles. The van der Waals surface area contributed by atoms with Crippen LogP contribution in [0.1, 0.15) is 43.6 Å². The molecule has 0 spiro atoms. The van der Waals surface area contributed by atoms with Crippen molar-refractivity contribution < 1.29 is 9.59 Å². The van der Waals surface area contributed by atoms with Crippen LogP contribution in [-0.4, -0.2) is 62.5 Å². The van der Waals surface area contributed by atoms with Crippen LogP contribution in [-0.2, 0) is 11.2 Å². The van der Waals surface area contributed by atoms with Crippen LogP contribution in [0, 0.1) is 0 Å². The maximum Gasteiger partial charge on any atom is 0.294 e. The van der Waals surface area contributed by atoms with Crippen molar-refractivity contribution >= 4 is 11.8 Å². The standard InChI is InChI=1S/C13H21N5O2/c1-5-6-9-14-10(16-15-9)11(19)18-8-7-17(4)12(20)13(18,2)3/h5-8H2,1-4H3,(H,14,15,16). The number of carbonyl (C=O) groups is 2. The number of rotatable bonds is 3. The molecule has 2 rings (SSSR count). The lowest BCUT2D eigenvalue weighted by Crippen LogP contribution is -2.63. The fourth-order valence-corrected chi connectivity index (χ4v) is 2.43. The molecule has 0 saturated carbocycles. The van der Waals surface area contributed by atoms with Crippen LogP contribution in [0.25, 0.3) is 0 Å². The average Bonchev–Trinajstić information content (AvgIpc) is 2.85. The van der Waals surface area contributed by atoms with Crippen molar-refractivity contribution in [1.82, 2.24) is 25.0 Å². The second-order valence-electron chi connectivity index (χ2n) is 5.60. The number of carbonyl (C=O) groups excluding carboxylic acids is 2. The number of aromatic nitrogens is 3. The number of nitrogens with zero attached hydrogens (tertiary/aromatic N) is 4. The number of aryl methyl sites for hydroxylation is 1. The fourth-order valence-electron chi connectivity index (χ4n) is 2.43. The number of nitrogens with one attached hydrogen (secondary N) is 1. The van der Waals surface area contributed by atoms with Gasteiger partial charge >= 0.3 is 0 Å². The highest BCUT2D eigenvalue weighted by Crippen LogP contribution is 2.23. The minimum absolute atomic E-state index is 0.0681. The summed E-state index contributed by atoms with van der Waals surface area (Å²) in [6.45, 7) is 6.56. The molecular formula is C13H21N5O2. The maximum absolute atomic E-state index is 12.5. The van der Waals surface area contributed by atoms with E-state index < -0.39 is 5.54 Å². The van der Waals surface area contributed by atoms with Crippen LogP contribution < -0.4 is 0 Å². The van der Waals surface area contributed by atoms with Crippen LogP contribution in [0.4, 0.5) is 0 Å². The highest BCUT2D eigenvalue weighted by molar-refractivity contribution is 5.97. The molecule has 1 aliphatic rings. The number of amides is 2. The number of hydrogen-bond acceptors (Lipinski definition) is 4. The van der Waals surface area contributed by atoms with Gasteiger partial charge in [-0.05, 0) is 20.3 Å². The van der Waals surface area contributed by atoms with E-state index in [4.69, 9.17) is 0 Å². The third kappa shape index (κ3) is 2.39. The first-order valence-electron chi connectivity index (χ1n) is 6.86. The fraction of sp³-hybridized carbons (Fsp3) is 0.692. The van der Waals surface area contributed by atoms with Crippen molar-refractivity contribution in [3.8, 4) is 0 Å². The van der Waals surface area contributed by atoms with Gasteiger partial charge < -0.3 is 9.80 Å². The van der Waals surface area contributed by atoms with Crippen LogP contribution in [0.2, 0.25) is 0 Å². The third-order valence-corrected chi connectivity index (χ3v) is 3.66. The Labute approximate surface area is 118 Å². The number of H-pyrrole nitrogens is 1. The molecule has 1 aromatic heterocycles. The lowest BCUT2D eigenvalue weighted by Gasteiger charge is -2.44. The van der Waals surface area contributed by atoms with Gasteiger partial charge in [-0.1, -0.05) is 6.92 Å². The molecule has 0 aromatic carbocycles. The summed E-state index contributed by atoms with van der Waals surface area (Å²) >= 11 is 0. The van der Waals surface area contributed by atoms with Gasteiger partial charge in [0.2, 0.25) is 11.7 Å². The smallest absolute Gasteiger partial charge is 0.294 e. The minimum Gasteiger partial charge on any atom is -0.342 e. The summed E-state index contributed by atoms with van der Waals surface area (Å²) in [6.07, 6.45) is 1.69. The monoisotopic (exact) mass is 279 g/mol. The Morgan fingerprint density at radius 1 is 1.40 bits per heavy atom. The zero-order valence-corrected chi connectivity index (χ0v) is 12.4. The third-order valence-electron chi connectivity index (χ3n) is 3.66. The molecule has 110 valence electrons. The molecule has 1 aromatic rings. The summed E-state index contributed by atoms with van der Waals surface area (Å²) in [5.74, 6) is 0.476. The SMILES string of the molecule is CCCc1nc(C(=O)N2CCN(C)C(=O)C2(C)C)n[nH]1. The molecule has 1 saturated heterocycles. The molecule has 20 heavy (non-hydrogen) atoms. The summed E-state index contributed by atoms with van der Waals surface area (Å²) < 4.78 is 0. The molecule has 1 fully saturated rings. The predicted octanol–water partition coefficient (Wildman–Crippen LogP) is 0.450. The second kappa shape index (κ2) is 5.22. The first-order chi connectivity index (χ1) is 9.37.